The van der Waals surface area contributed by atoms with Gasteiger partial charge in [0.15, 0.2) is 0 Å². The lowest BCUT2D eigenvalue weighted by atomic mass is 10.1. The summed E-state index contributed by atoms with van der Waals surface area (Å²) in [5, 5.41) is 6.03. The third kappa shape index (κ3) is 5.00. The molecule has 2 N–H and O–H groups in total. The lowest BCUT2D eigenvalue weighted by molar-refractivity contribution is -0.134. The second-order valence-electron chi connectivity index (χ2n) is 4.45. The molecule has 0 aromatic heterocycles. The fourth-order valence-electron chi connectivity index (χ4n) is 1.97. The number of nitrogens with one attached hydrogen (secondary N) is 2. The maximum atomic E-state index is 11.8. The molecule has 1 aromatic carbocycles. The van der Waals surface area contributed by atoms with E-state index in [1.54, 1.807) is 7.11 Å². The maximum Gasteiger partial charge on any atom is 0.250 e. The van der Waals surface area contributed by atoms with E-state index in [0.29, 0.717) is 19.7 Å². The van der Waals surface area contributed by atoms with Gasteiger partial charge in [-0.3, -0.25) is 4.79 Å². The third-order valence-corrected chi connectivity index (χ3v) is 3.09. The monoisotopic (exact) mass is 300 g/mol. The van der Waals surface area contributed by atoms with E-state index in [2.05, 4.69) is 10.6 Å². The summed E-state index contributed by atoms with van der Waals surface area (Å²) in [4.78, 5) is 11.8. The summed E-state index contributed by atoms with van der Waals surface area (Å²) >= 11 is 0. The number of carbonyl (C=O) groups excluding carboxylic acids is 1. The molecular weight excluding hydrogens is 280 g/mol. The molecule has 6 heteroatoms. The highest BCUT2D eigenvalue weighted by atomic mass is 35.5. The first-order valence-electron chi connectivity index (χ1n) is 6.52. The van der Waals surface area contributed by atoms with E-state index in [1.165, 1.54) is 5.56 Å². The molecule has 1 heterocycles. The van der Waals surface area contributed by atoms with Gasteiger partial charge in [0, 0.05) is 19.6 Å². The summed E-state index contributed by atoms with van der Waals surface area (Å²) in [5.74, 6) is 0.801. The predicted octanol–water partition coefficient (Wildman–Crippen LogP) is 0.764. The minimum Gasteiger partial charge on any atom is -0.497 e. The Morgan fingerprint density at radius 1 is 1.45 bits per heavy atom. The molecule has 20 heavy (non-hydrogen) atoms. The summed E-state index contributed by atoms with van der Waals surface area (Å²) in [5.41, 5.74) is 1.17. The lowest BCUT2D eigenvalue weighted by Crippen LogP contribution is -2.48. The van der Waals surface area contributed by atoms with E-state index >= 15 is 0 Å². The number of rotatable bonds is 5. The van der Waals surface area contributed by atoms with Crippen molar-refractivity contribution in [3.05, 3.63) is 29.8 Å². The van der Waals surface area contributed by atoms with Crippen molar-refractivity contribution >= 4 is 18.3 Å². The topological polar surface area (TPSA) is 59.6 Å². The average molecular weight is 301 g/mol. The van der Waals surface area contributed by atoms with E-state index in [0.717, 1.165) is 18.7 Å². The molecular formula is C14H21ClN2O3. The van der Waals surface area contributed by atoms with Gasteiger partial charge in [-0.25, -0.2) is 0 Å². The Morgan fingerprint density at radius 2 is 2.20 bits per heavy atom. The van der Waals surface area contributed by atoms with Gasteiger partial charge < -0.3 is 20.1 Å². The standard InChI is InChI=1S/C14H20N2O3.ClH/c1-18-12-4-2-11(3-5-12)6-7-16-14(17)13-10-15-8-9-19-13;/h2-5,13,15H,6-10H2,1H3,(H,16,17);1H. The molecule has 1 unspecified atom stereocenters. The van der Waals surface area contributed by atoms with Gasteiger partial charge >= 0.3 is 0 Å². The smallest absolute Gasteiger partial charge is 0.250 e. The fraction of sp³-hybridized carbons (Fsp3) is 0.500. The van der Waals surface area contributed by atoms with E-state index in [4.69, 9.17) is 9.47 Å². The van der Waals surface area contributed by atoms with Gasteiger partial charge in [-0.2, -0.15) is 0 Å². The first-order valence-corrected chi connectivity index (χ1v) is 6.52. The maximum absolute atomic E-state index is 11.8. The quantitative estimate of drug-likeness (QED) is 0.843. The summed E-state index contributed by atoms with van der Waals surface area (Å²) in [6.07, 6.45) is 0.445. The zero-order valence-electron chi connectivity index (χ0n) is 11.6. The number of amides is 1. The van der Waals surface area contributed by atoms with Gasteiger partial charge in [-0.1, -0.05) is 12.1 Å². The minimum absolute atomic E-state index is 0. The molecule has 112 valence electrons. The van der Waals surface area contributed by atoms with Crippen LogP contribution in [0.25, 0.3) is 0 Å². The number of carbonyl (C=O) groups is 1. The van der Waals surface area contributed by atoms with Crippen LogP contribution in [0.3, 0.4) is 0 Å². The van der Waals surface area contributed by atoms with Crippen LogP contribution in [0, 0.1) is 0 Å². The molecule has 1 fully saturated rings. The molecule has 1 amide bonds. The van der Waals surface area contributed by atoms with E-state index in [-0.39, 0.29) is 24.4 Å². The highest BCUT2D eigenvalue weighted by Crippen LogP contribution is 2.11. The van der Waals surface area contributed by atoms with Gasteiger partial charge in [0.2, 0.25) is 5.91 Å². The summed E-state index contributed by atoms with van der Waals surface area (Å²) < 4.78 is 10.5. The molecule has 1 aliphatic rings. The zero-order valence-corrected chi connectivity index (χ0v) is 12.4. The molecule has 1 saturated heterocycles. The summed E-state index contributed by atoms with van der Waals surface area (Å²) in [7, 11) is 1.65. The molecule has 0 aliphatic carbocycles. The molecule has 0 saturated carbocycles. The second kappa shape index (κ2) is 8.79. The van der Waals surface area contributed by atoms with Crippen molar-refractivity contribution in [2.75, 3.05) is 33.4 Å². The third-order valence-electron chi connectivity index (χ3n) is 3.09. The van der Waals surface area contributed by atoms with Gasteiger partial charge in [0.05, 0.1) is 13.7 Å². The molecule has 2 rings (SSSR count). The van der Waals surface area contributed by atoms with Crippen molar-refractivity contribution in [2.45, 2.75) is 12.5 Å². The first kappa shape index (κ1) is 16.8. The molecule has 5 nitrogen and oxygen atoms in total. The summed E-state index contributed by atoms with van der Waals surface area (Å²) in [6.45, 7) is 2.62. The number of ether oxygens (including phenoxy) is 2. The minimum atomic E-state index is -0.357. The SMILES string of the molecule is COc1ccc(CCNC(=O)C2CNCCO2)cc1.Cl. The molecule has 0 spiro atoms. The van der Waals surface area contributed by atoms with Crippen LogP contribution in [0.4, 0.5) is 0 Å². The van der Waals surface area contributed by atoms with E-state index in [9.17, 15) is 4.79 Å². The number of hydrogen-bond donors (Lipinski definition) is 2. The predicted molar refractivity (Wildman–Crippen MR) is 79.6 cm³/mol. The average Bonchev–Trinajstić information content (AvgIpc) is 2.49. The van der Waals surface area contributed by atoms with Crippen molar-refractivity contribution in [3.63, 3.8) is 0 Å². The second-order valence-corrected chi connectivity index (χ2v) is 4.45. The Balaban J connectivity index is 0.00000200. The van der Waals surface area contributed by atoms with Crippen molar-refractivity contribution in [1.82, 2.24) is 10.6 Å². The van der Waals surface area contributed by atoms with Gasteiger partial charge in [0.25, 0.3) is 0 Å². The summed E-state index contributed by atoms with van der Waals surface area (Å²) in [6, 6.07) is 7.85. The lowest BCUT2D eigenvalue weighted by Gasteiger charge is -2.22. The highest BCUT2D eigenvalue weighted by molar-refractivity contribution is 5.85. The molecule has 0 bridgehead atoms. The number of hydrogen-bond acceptors (Lipinski definition) is 4. The van der Waals surface area contributed by atoms with Crippen LogP contribution in [0.15, 0.2) is 24.3 Å². The number of methoxy groups -OCH3 is 1. The normalized spacial score (nSPS) is 17.9. The van der Waals surface area contributed by atoms with Crippen LogP contribution in [-0.4, -0.2) is 45.4 Å². The van der Waals surface area contributed by atoms with Gasteiger partial charge in [-0.05, 0) is 24.1 Å². The zero-order chi connectivity index (χ0) is 13.5. The van der Waals surface area contributed by atoms with Crippen molar-refractivity contribution in [1.29, 1.82) is 0 Å². The first-order chi connectivity index (χ1) is 9.29. The molecule has 1 aromatic rings. The largest absolute Gasteiger partial charge is 0.497 e. The Bertz CT molecular complexity index is 405. The van der Waals surface area contributed by atoms with Gasteiger partial charge in [0.1, 0.15) is 11.9 Å². The Kier molecular flexibility index (Phi) is 7.36. The number of benzene rings is 1. The van der Waals surface area contributed by atoms with Crippen molar-refractivity contribution in [3.8, 4) is 5.75 Å². The number of morpholine rings is 1. The van der Waals surface area contributed by atoms with Crippen LogP contribution in [0.1, 0.15) is 5.56 Å². The molecule has 0 radical (unpaired) electrons. The fourth-order valence-corrected chi connectivity index (χ4v) is 1.97. The number of halogens is 1. The van der Waals surface area contributed by atoms with E-state index < -0.39 is 0 Å². The Morgan fingerprint density at radius 3 is 2.80 bits per heavy atom. The molecule has 1 aliphatic heterocycles. The Hall–Kier alpha value is -1.30. The molecule has 1 atom stereocenters. The van der Waals surface area contributed by atoms with Crippen molar-refractivity contribution in [2.24, 2.45) is 0 Å². The van der Waals surface area contributed by atoms with Gasteiger partial charge in [-0.15, -0.1) is 12.4 Å². The van der Waals surface area contributed by atoms with E-state index in [1.807, 2.05) is 24.3 Å². The van der Waals surface area contributed by atoms with Crippen LogP contribution in [-0.2, 0) is 16.0 Å². The van der Waals surface area contributed by atoms with Crippen molar-refractivity contribution < 1.29 is 14.3 Å². The van der Waals surface area contributed by atoms with Crippen LogP contribution in [0.2, 0.25) is 0 Å². The van der Waals surface area contributed by atoms with Crippen LogP contribution in [0.5, 0.6) is 5.75 Å². The van der Waals surface area contributed by atoms with Crippen LogP contribution >= 0.6 is 12.4 Å². The highest BCUT2D eigenvalue weighted by Gasteiger charge is 2.20. The Labute approximate surface area is 125 Å². The van der Waals surface area contributed by atoms with Crippen LogP contribution < -0.4 is 15.4 Å².